The predicted molar refractivity (Wildman–Crippen MR) is 97.2 cm³/mol. The number of ether oxygens (including phenoxy) is 1. The molecule has 2 heterocycles. The van der Waals surface area contributed by atoms with Gasteiger partial charge >= 0.3 is 0 Å². The Morgan fingerprint density at radius 1 is 1.40 bits per heavy atom. The highest BCUT2D eigenvalue weighted by Crippen LogP contribution is 2.15. The molecule has 2 aromatic rings. The van der Waals surface area contributed by atoms with Crippen LogP contribution in [0, 0.1) is 6.92 Å². The summed E-state index contributed by atoms with van der Waals surface area (Å²) in [6.07, 6.45) is 2.26. The summed E-state index contributed by atoms with van der Waals surface area (Å²) < 4.78 is 5.54. The van der Waals surface area contributed by atoms with E-state index in [1.54, 1.807) is 0 Å². The van der Waals surface area contributed by atoms with Crippen molar-refractivity contribution in [3.8, 4) is 0 Å². The monoisotopic (exact) mass is 342 g/mol. The Balaban J connectivity index is 1.60. The lowest BCUT2D eigenvalue weighted by Gasteiger charge is -2.24. The van der Waals surface area contributed by atoms with Crippen LogP contribution in [0.25, 0.3) is 10.9 Å². The number of hydrogen-bond donors (Lipinski definition) is 1. The molecule has 0 bridgehead atoms. The summed E-state index contributed by atoms with van der Waals surface area (Å²) in [6.45, 7) is 5.81. The zero-order valence-electron chi connectivity index (χ0n) is 15.2. The molecule has 0 unspecified atom stereocenters. The number of nitrogens with zero attached hydrogens (tertiary/aromatic N) is 3. The van der Waals surface area contributed by atoms with E-state index in [4.69, 9.17) is 4.74 Å². The van der Waals surface area contributed by atoms with Crippen molar-refractivity contribution in [2.75, 3.05) is 20.2 Å². The lowest BCUT2D eigenvalue weighted by molar-refractivity contribution is -0.126. The van der Waals surface area contributed by atoms with Crippen molar-refractivity contribution >= 4 is 16.8 Å². The molecule has 0 aliphatic carbocycles. The number of nitrogens with one attached hydrogen (secondary N) is 1. The zero-order chi connectivity index (χ0) is 17.8. The smallest absolute Gasteiger partial charge is 0.237 e. The molecule has 1 amide bonds. The molecule has 0 radical (unpaired) electrons. The molecule has 1 aliphatic heterocycles. The van der Waals surface area contributed by atoms with Crippen LogP contribution in [0.4, 0.5) is 0 Å². The summed E-state index contributed by atoms with van der Waals surface area (Å²) in [4.78, 5) is 23.5. The number of fused-ring (bicyclic) bond motifs is 1. The molecule has 1 saturated heterocycles. The Hall–Kier alpha value is -2.05. The van der Waals surface area contributed by atoms with Crippen LogP contribution in [-0.4, -0.2) is 53.1 Å². The predicted octanol–water partition coefficient (Wildman–Crippen LogP) is 2.05. The lowest BCUT2D eigenvalue weighted by atomic mass is 10.2. The highest BCUT2D eigenvalue weighted by Gasteiger charge is 2.22. The van der Waals surface area contributed by atoms with E-state index in [-0.39, 0.29) is 18.1 Å². The number of aromatic nitrogens is 2. The second kappa shape index (κ2) is 7.89. The van der Waals surface area contributed by atoms with Crippen molar-refractivity contribution in [3.05, 3.63) is 35.8 Å². The van der Waals surface area contributed by atoms with Gasteiger partial charge in [-0.25, -0.2) is 9.97 Å². The Labute approximate surface area is 148 Å². The summed E-state index contributed by atoms with van der Waals surface area (Å²) in [7, 11) is 1.92. The summed E-state index contributed by atoms with van der Waals surface area (Å²) in [5.41, 5.74) is 1.90. The number of rotatable bonds is 6. The standard InChI is InChI=1S/C19H26N4O2/c1-13-16-8-4-5-9-17(16)22-18(21-13)12-23(3)14(2)19(24)20-11-15-7-6-10-25-15/h4-5,8-9,14-15H,6-7,10-12H2,1-3H3,(H,20,24)/t14-,15-/m1/s1. The molecular formula is C19H26N4O2. The molecule has 2 atom stereocenters. The summed E-state index contributed by atoms with van der Waals surface area (Å²) in [6, 6.07) is 7.73. The molecular weight excluding hydrogens is 316 g/mol. The second-order valence-corrected chi connectivity index (χ2v) is 6.71. The van der Waals surface area contributed by atoms with Crippen LogP contribution in [0.3, 0.4) is 0 Å². The van der Waals surface area contributed by atoms with Gasteiger partial charge in [0.15, 0.2) is 0 Å². The highest BCUT2D eigenvalue weighted by atomic mass is 16.5. The number of carbonyl (C=O) groups is 1. The fourth-order valence-electron chi connectivity index (χ4n) is 3.09. The van der Waals surface area contributed by atoms with E-state index in [2.05, 4.69) is 15.3 Å². The first-order valence-corrected chi connectivity index (χ1v) is 8.86. The van der Waals surface area contributed by atoms with Gasteiger partial charge in [-0.2, -0.15) is 0 Å². The summed E-state index contributed by atoms with van der Waals surface area (Å²) >= 11 is 0. The average Bonchev–Trinajstić information content (AvgIpc) is 3.12. The van der Waals surface area contributed by atoms with Gasteiger partial charge < -0.3 is 10.1 Å². The van der Waals surface area contributed by atoms with E-state index in [1.165, 1.54) is 0 Å². The Morgan fingerprint density at radius 2 is 2.20 bits per heavy atom. The molecule has 1 aromatic heterocycles. The van der Waals surface area contributed by atoms with Crippen LogP contribution in [-0.2, 0) is 16.1 Å². The van der Waals surface area contributed by atoms with Gasteiger partial charge in [0, 0.05) is 24.2 Å². The van der Waals surface area contributed by atoms with Crippen LogP contribution in [0.1, 0.15) is 31.3 Å². The fraction of sp³-hybridized carbons (Fsp3) is 0.526. The largest absolute Gasteiger partial charge is 0.376 e. The molecule has 1 fully saturated rings. The third kappa shape index (κ3) is 4.32. The van der Waals surface area contributed by atoms with Gasteiger partial charge in [0.2, 0.25) is 5.91 Å². The molecule has 25 heavy (non-hydrogen) atoms. The van der Waals surface area contributed by atoms with Gasteiger partial charge in [0.25, 0.3) is 0 Å². The minimum atomic E-state index is -0.253. The van der Waals surface area contributed by atoms with Gasteiger partial charge in [-0.15, -0.1) is 0 Å². The first-order chi connectivity index (χ1) is 12.0. The van der Waals surface area contributed by atoms with E-state index in [1.807, 2.05) is 50.1 Å². The Morgan fingerprint density at radius 3 is 2.96 bits per heavy atom. The van der Waals surface area contributed by atoms with E-state index >= 15 is 0 Å². The van der Waals surface area contributed by atoms with Crippen LogP contribution in [0.2, 0.25) is 0 Å². The molecule has 134 valence electrons. The molecule has 1 N–H and O–H groups in total. The first-order valence-electron chi connectivity index (χ1n) is 8.86. The van der Waals surface area contributed by atoms with Crippen molar-refractivity contribution in [1.82, 2.24) is 20.2 Å². The summed E-state index contributed by atoms with van der Waals surface area (Å²) in [5.74, 6) is 0.744. The maximum atomic E-state index is 12.4. The van der Waals surface area contributed by atoms with Crippen molar-refractivity contribution in [2.24, 2.45) is 0 Å². The van der Waals surface area contributed by atoms with Gasteiger partial charge in [-0.3, -0.25) is 9.69 Å². The maximum absolute atomic E-state index is 12.4. The van der Waals surface area contributed by atoms with E-state index in [9.17, 15) is 4.79 Å². The topological polar surface area (TPSA) is 67.4 Å². The normalized spacial score (nSPS) is 18.6. The Kier molecular flexibility index (Phi) is 5.60. The minimum absolute atomic E-state index is 0.00973. The maximum Gasteiger partial charge on any atom is 0.237 e. The minimum Gasteiger partial charge on any atom is -0.376 e. The molecule has 1 aliphatic rings. The average molecular weight is 342 g/mol. The van der Waals surface area contributed by atoms with Crippen LogP contribution in [0.15, 0.2) is 24.3 Å². The van der Waals surface area contributed by atoms with Crippen molar-refractivity contribution in [3.63, 3.8) is 0 Å². The van der Waals surface area contributed by atoms with E-state index in [0.29, 0.717) is 13.1 Å². The van der Waals surface area contributed by atoms with Gasteiger partial charge in [-0.1, -0.05) is 18.2 Å². The van der Waals surface area contributed by atoms with Crippen LogP contribution in [0.5, 0.6) is 0 Å². The van der Waals surface area contributed by atoms with Crippen molar-refractivity contribution in [2.45, 2.75) is 45.4 Å². The molecule has 1 aromatic carbocycles. The number of amides is 1. The van der Waals surface area contributed by atoms with Gasteiger partial charge in [0.1, 0.15) is 5.82 Å². The molecule has 6 heteroatoms. The lowest BCUT2D eigenvalue weighted by Crippen LogP contribution is -2.45. The third-order valence-electron chi connectivity index (χ3n) is 4.80. The van der Waals surface area contributed by atoms with Crippen LogP contribution < -0.4 is 5.32 Å². The third-order valence-corrected chi connectivity index (χ3v) is 4.80. The number of carbonyl (C=O) groups excluding carboxylic acids is 1. The van der Waals surface area contributed by atoms with Crippen molar-refractivity contribution < 1.29 is 9.53 Å². The number of likely N-dealkylation sites (N-methyl/N-ethyl adjacent to an activating group) is 1. The fourth-order valence-corrected chi connectivity index (χ4v) is 3.09. The van der Waals surface area contributed by atoms with Crippen molar-refractivity contribution in [1.29, 1.82) is 0 Å². The molecule has 3 rings (SSSR count). The molecule has 0 spiro atoms. The number of aryl methyl sites for hydroxylation is 1. The molecule has 6 nitrogen and oxygen atoms in total. The SMILES string of the molecule is Cc1nc(CN(C)[C@H](C)C(=O)NC[C@H]2CCCO2)nc2ccccc12. The second-order valence-electron chi connectivity index (χ2n) is 6.71. The van der Waals surface area contributed by atoms with Gasteiger partial charge in [-0.05, 0) is 39.8 Å². The summed E-state index contributed by atoms with van der Waals surface area (Å²) in [5, 5.41) is 4.05. The number of benzene rings is 1. The quantitative estimate of drug-likeness (QED) is 0.870. The van der Waals surface area contributed by atoms with Gasteiger partial charge in [0.05, 0.1) is 24.2 Å². The highest BCUT2D eigenvalue weighted by molar-refractivity contribution is 5.81. The first kappa shape index (κ1) is 17.8. The van der Waals surface area contributed by atoms with E-state index in [0.717, 1.165) is 41.9 Å². The van der Waals surface area contributed by atoms with E-state index < -0.39 is 0 Å². The van der Waals surface area contributed by atoms with Crippen LogP contribution >= 0.6 is 0 Å². The Bertz CT molecular complexity index is 743. The zero-order valence-corrected chi connectivity index (χ0v) is 15.2. The molecule has 0 saturated carbocycles. The number of hydrogen-bond acceptors (Lipinski definition) is 5. The number of para-hydroxylation sites is 1.